The summed E-state index contributed by atoms with van der Waals surface area (Å²) in [7, 11) is 0. The summed E-state index contributed by atoms with van der Waals surface area (Å²) >= 11 is 11.4. The molecule has 0 amide bonds. The molecule has 0 aromatic heterocycles. The predicted octanol–water partition coefficient (Wildman–Crippen LogP) is 2.72. The van der Waals surface area contributed by atoms with Crippen molar-refractivity contribution < 1.29 is 9.53 Å². The van der Waals surface area contributed by atoms with E-state index < -0.39 is 0 Å². The van der Waals surface area contributed by atoms with Gasteiger partial charge in [0.05, 0.1) is 6.61 Å². The minimum absolute atomic E-state index is 0.152. The van der Waals surface area contributed by atoms with Crippen LogP contribution in [0.4, 0.5) is 0 Å². The molecule has 16 heavy (non-hydrogen) atoms. The first kappa shape index (κ1) is 13.8. The van der Waals surface area contributed by atoms with Gasteiger partial charge >= 0.3 is 5.97 Å². The highest BCUT2D eigenvalue weighted by atomic mass is 35.5. The van der Waals surface area contributed by atoms with Gasteiger partial charge in [-0.1, -0.05) is 29.6 Å². The molecule has 5 heteroatoms. The standard InChI is InChI=1S/C11H17Cl2NO2/c1-2-16-11(15)10-5-3-4-6-14(10)8-9(13)7-12/h7,10H,2-6,8H2,1H3. The Labute approximate surface area is 106 Å². The first-order valence-electron chi connectivity index (χ1n) is 5.54. The average molecular weight is 266 g/mol. The number of likely N-dealkylation sites (tertiary alicyclic amines) is 1. The molecule has 1 fully saturated rings. The molecule has 0 saturated carbocycles. The quantitative estimate of drug-likeness (QED) is 0.733. The lowest BCUT2D eigenvalue weighted by Gasteiger charge is -2.33. The first-order valence-corrected chi connectivity index (χ1v) is 6.36. The predicted molar refractivity (Wildman–Crippen MR) is 65.6 cm³/mol. The molecule has 1 aliphatic heterocycles. The Morgan fingerprint density at radius 2 is 2.31 bits per heavy atom. The Bertz CT molecular complexity index is 269. The van der Waals surface area contributed by atoms with Gasteiger partial charge in [0, 0.05) is 17.1 Å². The number of rotatable bonds is 4. The van der Waals surface area contributed by atoms with Gasteiger partial charge in [-0.15, -0.1) is 0 Å². The van der Waals surface area contributed by atoms with E-state index in [1.807, 2.05) is 11.8 Å². The van der Waals surface area contributed by atoms with Crippen molar-refractivity contribution in [1.82, 2.24) is 4.90 Å². The van der Waals surface area contributed by atoms with Crippen LogP contribution in [0.5, 0.6) is 0 Å². The molecule has 1 unspecified atom stereocenters. The molecular weight excluding hydrogens is 249 g/mol. The van der Waals surface area contributed by atoms with Gasteiger partial charge in [-0.3, -0.25) is 9.69 Å². The molecule has 1 heterocycles. The number of hydrogen-bond acceptors (Lipinski definition) is 3. The lowest BCUT2D eigenvalue weighted by molar-refractivity contribution is -0.150. The lowest BCUT2D eigenvalue weighted by Crippen LogP contribution is -2.45. The molecule has 0 N–H and O–H groups in total. The third kappa shape index (κ3) is 3.96. The molecule has 1 aliphatic rings. The van der Waals surface area contributed by atoms with Crippen LogP contribution in [0.15, 0.2) is 10.6 Å². The van der Waals surface area contributed by atoms with Gasteiger partial charge in [-0.2, -0.15) is 0 Å². The molecule has 0 bridgehead atoms. The van der Waals surface area contributed by atoms with Crippen molar-refractivity contribution >= 4 is 29.2 Å². The molecule has 1 rings (SSSR count). The Kier molecular flexibility index (Phi) is 6.17. The largest absolute Gasteiger partial charge is 0.465 e. The minimum atomic E-state index is -0.168. The van der Waals surface area contributed by atoms with Crippen LogP contribution in [0.25, 0.3) is 0 Å². The maximum absolute atomic E-state index is 11.7. The van der Waals surface area contributed by atoms with Crippen molar-refractivity contribution in [2.75, 3.05) is 19.7 Å². The fourth-order valence-electron chi connectivity index (χ4n) is 1.91. The number of esters is 1. The molecule has 1 saturated heterocycles. The van der Waals surface area contributed by atoms with E-state index in [-0.39, 0.29) is 12.0 Å². The van der Waals surface area contributed by atoms with Crippen LogP contribution < -0.4 is 0 Å². The van der Waals surface area contributed by atoms with E-state index in [0.29, 0.717) is 18.2 Å². The van der Waals surface area contributed by atoms with Gasteiger partial charge in [0.15, 0.2) is 0 Å². The Morgan fingerprint density at radius 1 is 1.56 bits per heavy atom. The third-order valence-corrected chi connectivity index (χ3v) is 3.25. The van der Waals surface area contributed by atoms with E-state index >= 15 is 0 Å². The van der Waals surface area contributed by atoms with Gasteiger partial charge < -0.3 is 4.74 Å². The third-order valence-electron chi connectivity index (χ3n) is 2.64. The number of ether oxygens (including phenoxy) is 1. The summed E-state index contributed by atoms with van der Waals surface area (Å²) in [5, 5.41) is 0.554. The van der Waals surface area contributed by atoms with Crippen LogP contribution in [0.2, 0.25) is 0 Å². The second-order valence-corrected chi connectivity index (χ2v) is 4.49. The zero-order valence-electron chi connectivity index (χ0n) is 9.42. The SMILES string of the molecule is CCOC(=O)C1CCCCN1CC(Cl)=CCl. The van der Waals surface area contributed by atoms with Crippen LogP contribution in [0, 0.1) is 0 Å². The topological polar surface area (TPSA) is 29.5 Å². The van der Waals surface area contributed by atoms with E-state index in [1.165, 1.54) is 5.54 Å². The summed E-state index contributed by atoms with van der Waals surface area (Å²) in [5.74, 6) is -0.152. The Hall–Kier alpha value is -0.250. The maximum atomic E-state index is 11.7. The average Bonchev–Trinajstić information content (AvgIpc) is 2.30. The number of piperidine rings is 1. The molecular formula is C11H17Cl2NO2. The highest BCUT2D eigenvalue weighted by molar-refractivity contribution is 6.36. The molecule has 0 aromatic rings. The van der Waals surface area contributed by atoms with Crippen molar-refractivity contribution in [1.29, 1.82) is 0 Å². The number of hydrogen-bond donors (Lipinski definition) is 0. The minimum Gasteiger partial charge on any atom is -0.465 e. The molecule has 0 aliphatic carbocycles. The van der Waals surface area contributed by atoms with Crippen LogP contribution in [-0.2, 0) is 9.53 Å². The summed E-state index contributed by atoms with van der Waals surface area (Å²) in [6, 6.07) is -0.168. The zero-order chi connectivity index (χ0) is 12.0. The molecule has 3 nitrogen and oxygen atoms in total. The maximum Gasteiger partial charge on any atom is 0.323 e. The van der Waals surface area contributed by atoms with Crippen molar-refractivity contribution in [3.8, 4) is 0 Å². The van der Waals surface area contributed by atoms with Gasteiger partial charge in [-0.25, -0.2) is 0 Å². The van der Waals surface area contributed by atoms with Crippen LogP contribution in [0.1, 0.15) is 26.2 Å². The van der Waals surface area contributed by atoms with E-state index in [2.05, 4.69) is 0 Å². The smallest absolute Gasteiger partial charge is 0.323 e. The van der Waals surface area contributed by atoms with Crippen LogP contribution in [0.3, 0.4) is 0 Å². The summed E-state index contributed by atoms with van der Waals surface area (Å²) in [4.78, 5) is 13.7. The van der Waals surface area contributed by atoms with Crippen LogP contribution >= 0.6 is 23.2 Å². The van der Waals surface area contributed by atoms with Crippen molar-refractivity contribution in [2.24, 2.45) is 0 Å². The van der Waals surface area contributed by atoms with Crippen molar-refractivity contribution in [3.63, 3.8) is 0 Å². The lowest BCUT2D eigenvalue weighted by atomic mass is 10.0. The molecule has 92 valence electrons. The Balaban J connectivity index is 2.59. The highest BCUT2D eigenvalue weighted by Crippen LogP contribution is 2.20. The fraction of sp³-hybridized carbons (Fsp3) is 0.727. The molecule has 0 radical (unpaired) electrons. The Morgan fingerprint density at radius 3 is 2.94 bits per heavy atom. The first-order chi connectivity index (χ1) is 7.69. The summed E-state index contributed by atoms with van der Waals surface area (Å²) < 4.78 is 5.05. The number of nitrogens with zero attached hydrogens (tertiary/aromatic N) is 1. The normalized spacial score (nSPS) is 23.2. The van der Waals surface area contributed by atoms with Gasteiger partial charge in [0.1, 0.15) is 6.04 Å². The number of carbonyl (C=O) groups excluding carboxylic acids is 1. The van der Waals surface area contributed by atoms with Gasteiger partial charge in [0.2, 0.25) is 0 Å². The molecule has 1 atom stereocenters. The fourth-order valence-corrected chi connectivity index (χ4v) is 2.14. The monoisotopic (exact) mass is 265 g/mol. The van der Waals surface area contributed by atoms with Crippen molar-refractivity contribution in [2.45, 2.75) is 32.2 Å². The van der Waals surface area contributed by atoms with E-state index in [9.17, 15) is 4.79 Å². The second-order valence-electron chi connectivity index (χ2n) is 3.79. The summed E-state index contributed by atoms with van der Waals surface area (Å²) in [5.41, 5.74) is 1.35. The van der Waals surface area contributed by atoms with Crippen molar-refractivity contribution in [3.05, 3.63) is 10.6 Å². The molecule has 0 aromatic carbocycles. The molecule has 0 spiro atoms. The number of halogens is 2. The van der Waals surface area contributed by atoms with E-state index in [4.69, 9.17) is 27.9 Å². The zero-order valence-corrected chi connectivity index (χ0v) is 10.9. The van der Waals surface area contributed by atoms with Crippen LogP contribution in [-0.4, -0.2) is 36.6 Å². The van der Waals surface area contributed by atoms with E-state index in [0.717, 1.165) is 25.8 Å². The second kappa shape index (κ2) is 7.15. The summed E-state index contributed by atoms with van der Waals surface area (Å²) in [6.07, 6.45) is 2.98. The highest BCUT2D eigenvalue weighted by Gasteiger charge is 2.29. The summed E-state index contributed by atoms with van der Waals surface area (Å²) in [6.45, 7) is 3.62. The van der Waals surface area contributed by atoms with Gasteiger partial charge in [0.25, 0.3) is 0 Å². The van der Waals surface area contributed by atoms with E-state index in [1.54, 1.807) is 0 Å². The number of carbonyl (C=O) groups is 1. The van der Waals surface area contributed by atoms with Gasteiger partial charge in [-0.05, 0) is 26.3 Å².